The van der Waals surface area contributed by atoms with E-state index in [-0.39, 0.29) is 12.1 Å². The molecule has 0 N–H and O–H groups in total. The third-order valence-corrected chi connectivity index (χ3v) is 7.16. The van der Waals surface area contributed by atoms with Crippen LogP contribution < -0.4 is 5.56 Å². The van der Waals surface area contributed by atoms with Gasteiger partial charge < -0.3 is 0 Å². The molecule has 130 valence electrons. The first-order valence-electron chi connectivity index (χ1n) is 8.10. The molecule has 2 aromatic heterocycles. The molecule has 0 fully saturated rings. The molecule has 25 heavy (non-hydrogen) atoms. The molecule has 3 nitrogen and oxygen atoms in total. The van der Waals surface area contributed by atoms with Gasteiger partial charge in [0.15, 0.2) is 0 Å². The van der Waals surface area contributed by atoms with Gasteiger partial charge in [-0.1, -0.05) is 41.7 Å². The number of hydrogen-bond acceptors (Lipinski definition) is 3. The molecule has 1 aliphatic carbocycles. The summed E-state index contributed by atoms with van der Waals surface area (Å²) in [5.41, 5.74) is 1.78. The summed E-state index contributed by atoms with van der Waals surface area (Å²) in [4.78, 5) is 19.8. The summed E-state index contributed by atoms with van der Waals surface area (Å²) in [6, 6.07) is 3.34. The predicted octanol–water partition coefficient (Wildman–Crippen LogP) is 5.91. The van der Waals surface area contributed by atoms with Gasteiger partial charge in [-0.2, -0.15) is 0 Å². The number of aromatic nitrogens is 2. The van der Waals surface area contributed by atoms with Crippen molar-refractivity contribution >= 4 is 56.4 Å². The van der Waals surface area contributed by atoms with Crippen LogP contribution in [0.25, 0.3) is 10.2 Å². The molecule has 0 spiro atoms. The quantitative estimate of drug-likeness (QED) is 0.490. The highest BCUT2D eigenvalue weighted by atomic mass is 35.5. The molecular weight excluding hydrogens is 399 g/mol. The van der Waals surface area contributed by atoms with Crippen LogP contribution >= 0.6 is 46.1 Å². The number of halogens is 3. The fraction of sp³-hybridized carbons (Fsp3) is 0.333. The Morgan fingerprint density at radius 1 is 1.28 bits per heavy atom. The van der Waals surface area contributed by atoms with Crippen LogP contribution in [0.2, 0.25) is 15.1 Å². The Bertz CT molecular complexity index is 1040. The maximum Gasteiger partial charge on any atom is 0.262 e. The Morgan fingerprint density at radius 2 is 2.04 bits per heavy atom. The number of fused-ring (bicyclic) bond motifs is 3. The van der Waals surface area contributed by atoms with Gasteiger partial charge in [0, 0.05) is 15.5 Å². The summed E-state index contributed by atoms with van der Waals surface area (Å²) in [6.45, 7) is 2.44. The van der Waals surface area contributed by atoms with Crippen molar-refractivity contribution in [2.24, 2.45) is 0 Å². The van der Waals surface area contributed by atoms with E-state index >= 15 is 0 Å². The van der Waals surface area contributed by atoms with E-state index in [9.17, 15) is 4.79 Å². The number of benzene rings is 1. The zero-order valence-electron chi connectivity index (χ0n) is 13.5. The SMILES string of the molecule is CC1CCCc2sc3ncn(Cc4c(Cl)ccc(Cl)c4Cl)c(=O)c3c21. The molecule has 2 heterocycles. The fourth-order valence-electron chi connectivity index (χ4n) is 3.51. The van der Waals surface area contributed by atoms with Crippen molar-refractivity contribution in [2.45, 2.75) is 38.6 Å². The molecule has 1 aromatic carbocycles. The molecule has 0 aliphatic heterocycles. The second-order valence-electron chi connectivity index (χ2n) is 6.41. The Hall–Kier alpha value is -1.07. The number of rotatable bonds is 2. The van der Waals surface area contributed by atoms with E-state index in [0.29, 0.717) is 26.5 Å². The van der Waals surface area contributed by atoms with Crippen LogP contribution in [0.4, 0.5) is 0 Å². The van der Waals surface area contributed by atoms with E-state index in [1.807, 2.05) is 0 Å². The van der Waals surface area contributed by atoms with Gasteiger partial charge in [-0.15, -0.1) is 11.3 Å². The molecule has 0 radical (unpaired) electrons. The summed E-state index contributed by atoms with van der Waals surface area (Å²) in [5, 5.41) is 2.04. The van der Waals surface area contributed by atoms with Gasteiger partial charge in [0.2, 0.25) is 0 Å². The van der Waals surface area contributed by atoms with Gasteiger partial charge >= 0.3 is 0 Å². The van der Waals surface area contributed by atoms with Crippen LogP contribution in [0.5, 0.6) is 0 Å². The third kappa shape index (κ3) is 2.89. The van der Waals surface area contributed by atoms with Gasteiger partial charge in [-0.3, -0.25) is 9.36 Å². The Labute approximate surface area is 164 Å². The maximum atomic E-state index is 13.1. The first-order chi connectivity index (χ1) is 12.0. The lowest BCUT2D eigenvalue weighted by Crippen LogP contribution is -2.22. The zero-order chi connectivity index (χ0) is 17.7. The summed E-state index contributed by atoms with van der Waals surface area (Å²) < 4.78 is 1.57. The fourth-order valence-corrected chi connectivity index (χ4v) is 5.47. The van der Waals surface area contributed by atoms with Crippen LogP contribution in [0.3, 0.4) is 0 Å². The van der Waals surface area contributed by atoms with Crippen molar-refractivity contribution in [3.63, 3.8) is 0 Å². The standard InChI is InChI=1S/C18H15Cl3N2OS/c1-9-3-2-4-13-14(9)15-17(25-13)22-8-23(18(15)24)7-10-11(19)5-6-12(20)16(10)21/h5-6,8-9H,2-4,7H2,1H3. The van der Waals surface area contributed by atoms with Gasteiger partial charge in [0.25, 0.3) is 5.56 Å². The first kappa shape index (κ1) is 17.3. The van der Waals surface area contributed by atoms with Gasteiger partial charge in [0.1, 0.15) is 4.83 Å². The average Bonchev–Trinajstić information content (AvgIpc) is 2.98. The van der Waals surface area contributed by atoms with Gasteiger partial charge in [-0.05, 0) is 42.9 Å². The molecule has 0 saturated carbocycles. The number of aryl methyl sites for hydroxylation is 1. The predicted molar refractivity (Wildman–Crippen MR) is 106 cm³/mol. The monoisotopic (exact) mass is 412 g/mol. The minimum absolute atomic E-state index is 0.0386. The van der Waals surface area contributed by atoms with E-state index in [0.717, 1.165) is 23.1 Å². The summed E-state index contributed by atoms with van der Waals surface area (Å²) in [6.07, 6.45) is 4.89. The number of hydrogen-bond donors (Lipinski definition) is 0. The van der Waals surface area contributed by atoms with E-state index < -0.39 is 0 Å². The summed E-state index contributed by atoms with van der Waals surface area (Å²) in [7, 11) is 0. The molecular formula is C18H15Cl3N2OS. The molecule has 0 saturated heterocycles. The van der Waals surface area contributed by atoms with Crippen molar-refractivity contribution in [2.75, 3.05) is 0 Å². The molecule has 1 unspecified atom stereocenters. The van der Waals surface area contributed by atoms with Crippen molar-refractivity contribution < 1.29 is 0 Å². The third-order valence-electron chi connectivity index (χ3n) is 4.79. The Morgan fingerprint density at radius 3 is 2.84 bits per heavy atom. The van der Waals surface area contributed by atoms with Crippen LogP contribution in [0.15, 0.2) is 23.3 Å². The smallest absolute Gasteiger partial charge is 0.262 e. The summed E-state index contributed by atoms with van der Waals surface area (Å²) >= 11 is 20.3. The highest BCUT2D eigenvalue weighted by Crippen LogP contribution is 2.40. The Kier molecular flexibility index (Phi) is 4.57. The topological polar surface area (TPSA) is 34.9 Å². The number of thiophene rings is 1. The van der Waals surface area contributed by atoms with Gasteiger partial charge in [-0.25, -0.2) is 4.98 Å². The highest BCUT2D eigenvalue weighted by molar-refractivity contribution is 7.18. The molecule has 3 aromatic rings. The van der Waals surface area contributed by atoms with E-state index in [4.69, 9.17) is 34.8 Å². The zero-order valence-corrected chi connectivity index (χ0v) is 16.6. The second kappa shape index (κ2) is 6.58. The minimum Gasteiger partial charge on any atom is -0.294 e. The highest BCUT2D eigenvalue weighted by Gasteiger charge is 2.25. The second-order valence-corrected chi connectivity index (χ2v) is 8.69. The van der Waals surface area contributed by atoms with E-state index in [1.54, 1.807) is 34.4 Å². The van der Waals surface area contributed by atoms with Crippen molar-refractivity contribution in [1.29, 1.82) is 0 Å². The molecule has 0 amide bonds. The Balaban J connectivity index is 1.88. The van der Waals surface area contributed by atoms with Crippen LogP contribution in [-0.2, 0) is 13.0 Å². The van der Waals surface area contributed by atoms with Crippen LogP contribution in [0.1, 0.15) is 41.7 Å². The molecule has 4 rings (SSSR count). The maximum absolute atomic E-state index is 13.1. The normalized spacial score (nSPS) is 17.0. The first-order valence-corrected chi connectivity index (χ1v) is 10.1. The molecule has 1 aliphatic rings. The lowest BCUT2D eigenvalue weighted by atomic mass is 9.88. The number of nitrogens with zero attached hydrogens (tertiary/aromatic N) is 2. The molecule has 7 heteroatoms. The molecule has 0 bridgehead atoms. The van der Waals surface area contributed by atoms with Crippen molar-refractivity contribution in [3.05, 3.63) is 59.9 Å². The summed E-state index contributed by atoms with van der Waals surface area (Å²) in [5.74, 6) is 0.390. The molecule has 1 atom stereocenters. The van der Waals surface area contributed by atoms with Crippen LogP contribution in [0, 0.1) is 0 Å². The van der Waals surface area contributed by atoms with E-state index in [2.05, 4.69) is 11.9 Å². The van der Waals surface area contributed by atoms with Crippen molar-refractivity contribution in [3.8, 4) is 0 Å². The minimum atomic E-state index is -0.0386. The largest absolute Gasteiger partial charge is 0.294 e. The lowest BCUT2D eigenvalue weighted by molar-refractivity contribution is 0.601. The average molecular weight is 414 g/mol. The van der Waals surface area contributed by atoms with Crippen LogP contribution in [-0.4, -0.2) is 9.55 Å². The lowest BCUT2D eigenvalue weighted by Gasteiger charge is -2.18. The van der Waals surface area contributed by atoms with Gasteiger partial charge in [0.05, 0.1) is 28.3 Å². The van der Waals surface area contributed by atoms with Crippen molar-refractivity contribution in [1.82, 2.24) is 9.55 Å². The van der Waals surface area contributed by atoms with E-state index in [1.165, 1.54) is 16.9 Å².